The summed E-state index contributed by atoms with van der Waals surface area (Å²) < 4.78 is 17.2. The number of hydrogen-bond donors (Lipinski definition) is 2. The van der Waals surface area contributed by atoms with Gasteiger partial charge in [-0.1, -0.05) is 30.3 Å². The first-order chi connectivity index (χ1) is 17.4. The second kappa shape index (κ2) is 12.0. The summed E-state index contributed by atoms with van der Waals surface area (Å²) in [5.74, 6) is -0.00162. The summed E-state index contributed by atoms with van der Waals surface area (Å²) in [6.45, 7) is 1.18. The van der Waals surface area contributed by atoms with Crippen molar-refractivity contribution in [2.75, 3.05) is 39.2 Å². The molecular formula is C27H33N3O6. The molecular weight excluding hydrogens is 462 g/mol. The number of methoxy groups -OCH3 is 1. The Bertz CT molecular complexity index is 1080. The maximum absolute atomic E-state index is 13.4. The lowest BCUT2D eigenvalue weighted by atomic mass is 9.94. The van der Waals surface area contributed by atoms with E-state index in [1.165, 1.54) is 0 Å². The normalized spacial score (nSPS) is 21.3. The Morgan fingerprint density at radius 2 is 1.92 bits per heavy atom. The smallest absolute Gasteiger partial charge is 0.257 e. The largest absolute Gasteiger partial charge is 0.490 e. The first kappa shape index (κ1) is 25.7. The Morgan fingerprint density at radius 3 is 2.69 bits per heavy atom. The highest BCUT2D eigenvalue weighted by Gasteiger charge is 2.39. The van der Waals surface area contributed by atoms with E-state index >= 15 is 0 Å². The molecule has 2 aliphatic heterocycles. The van der Waals surface area contributed by atoms with Crippen LogP contribution in [-0.4, -0.2) is 74.8 Å². The van der Waals surface area contributed by atoms with Crippen molar-refractivity contribution < 1.29 is 28.6 Å². The van der Waals surface area contributed by atoms with E-state index in [0.717, 1.165) is 5.56 Å². The molecule has 0 radical (unpaired) electrons. The van der Waals surface area contributed by atoms with Crippen molar-refractivity contribution in [1.29, 1.82) is 0 Å². The number of fused-ring (bicyclic) bond motifs is 2. The predicted molar refractivity (Wildman–Crippen MR) is 134 cm³/mol. The van der Waals surface area contributed by atoms with Crippen LogP contribution < -0.4 is 15.4 Å². The molecule has 0 aromatic heterocycles. The summed E-state index contributed by atoms with van der Waals surface area (Å²) in [4.78, 5) is 39.8. The van der Waals surface area contributed by atoms with Gasteiger partial charge in [0.05, 0.1) is 37.2 Å². The summed E-state index contributed by atoms with van der Waals surface area (Å²) in [5.41, 5.74) is 1.85. The number of nitrogens with one attached hydrogen (secondary N) is 2. The quantitative estimate of drug-likeness (QED) is 0.545. The lowest BCUT2D eigenvalue weighted by Crippen LogP contribution is -2.54. The molecule has 2 aliphatic rings. The van der Waals surface area contributed by atoms with E-state index < -0.39 is 0 Å². The van der Waals surface area contributed by atoms with Crippen molar-refractivity contribution in [3.8, 4) is 5.75 Å². The van der Waals surface area contributed by atoms with Gasteiger partial charge in [0, 0.05) is 26.4 Å². The highest BCUT2D eigenvalue weighted by Crippen LogP contribution is 2.32. The Morgan fingerprint density at radius 1 is 1.11 bits per heavy atom. The first-order valence-electron chi connectivity index (χ1n) is 12.2. The van der Waals surface area contributed by atoms with Gasteiger partial charge in [-0.15, -0.1) is 0 Å². The van der Waals surface area contributed by atoms with Gasteiger partial charge in [-0.25, -0.2) is 0 Å². The standard InChI is InChI=1S/C27H33N3O6/c1-30-22-10-9-20(16-25(31)28-12-13-34-2)36-24(22)17-35-23-11-8-19(15-21(23)27(30)33)29-26(32)14-18-6-4-3-5-7-18/h3-8,11,15,20,22,24H,9-10,12-14,16-17H2,1-2H3,(H,28,31)(H,29,32)/t20-,22-,24-/m1/s1. The van der Waals surface area contributed by atoms with Crippen LogP contribution in [0, 0.1) is 0 Å². The fraction of sp³-hybridized carbons (Fsp3) is 0.444. The van der Waals surface area contributed by atoms with Crippen molar-refractivity contribution in [2.45, 2.75) is 43.9 Å². The molecule has 1 saturated heterocycles. The molecule has 0 aliphatic carbocycles. The lowest BCUT2D eigenvalue weighted by Gasteiger charge is -2.42. The molecule has 2 aromatic carbocycles. The molecule has 192 valence electrons. The van der Waals surface area contributed by atoms with Crippen LogP contribution >= 0.6 is 0 Å². The van der Waals surface area contributed by atoms with Gasteiger partial charge in [0.1, 0.15) is 18.5 Å². The fourth-order valence-electron chi connectivity index (χ4n) is 4.66. The Kier molecular flexibility index (Phi) is 8.56. The topological polar surface area (TPSA) is 106 Å². The molecule has 0 unspecified atom stereocenters. The maximum atomic E-state index is 13.4. The molecule has 9 heteroatoms. The van der Waals surface area contributed by atoms with Crippen molar-refractivity contribution in [3.05, 3.63) is 59.7 Å². The van der Waals surface area contributed by atoms with Crippen molar-refractivity contribution >= 4 is 23.4 Å². The van der Waals surface area contributed by atoms with Crippen molar-refractivity contribution in [1.82, 2.24) is 10.2 Å². The molecule has 2 aromatic rings. The van der Waals surface area contributed by atoms with E-state index in [1.807, 2.05) is 30.3 Å². The third-order valence-electron chi connectivity index (χ3n) is 6.54. The van der Waals surface area contributed by atoms with Crippen LogP contribution in [0.4, 0.5) is 5.69 Å². The van der Waals surface area contributed by atoms with Crippen LogP contribution in [0.25, 0.3) is 0 Å². The van der Waals surface area contributed by atoms with Gasteiger partial charge in [-0.2, -0.15) is 0 Å². The zero-order chi connectivity index (χ0) is 25.5. The molecule has 4 rings (SSSR count). The van der Waals surface area contributed by atoms with E-state index in [9.17, 15) is 14.4 Å². The SMILES string of the molecule is COCCNC(=O)C[C@H]1CC[C@@H]2[C@@H](COc3ccc(NC(=O)Cc4ccccc4)cc3C(=O)N2C)O1. The number of amides is 3. The summed E-state index contributed by atoms with van der Waals surface area (Å²) in [7, 11) is 3.35. The predicted octanol–water partition coefficient (Wildman–Crippen LogP) is 2.40. The van der Waals surface area contributed by atoms with Gasteiger partial charge < -0.3 is 29.7 Å². The Hall–Kier alpha value is -3.43. The van der Waals surface area contributed by atoms with Crippen LogP contribution in [0.5, 0.6) is 5.75 Å². The van der Waals surface area contributed by atoms with Crippen LogP contribution in [0.2, 0.25) is 0 Å². The summed E-state index contributed by atoms with van der Waals surface area (Å²) in [5, 5.41) is 5.69. The lowest BCUT2D eigenvalue weighted by molar-refractivity contribution is -0.134. The number of carbonyl (C=O) groups is 3. The summed E-state index contributed by atoms with van der Waals surface area (Å²) in [6, 6.07) is 14.4. The van der Waals surface area contributed by atoms with E-state index in [1.54, 1.807) is 37.3 Å². The molecule has 36 heavy (non-hydrogen) atoms. The molecule has 2 heterocycles. The molecule has 0 bridgehead atoms. The zero-order valence-electron chi connectivity index (χ0n) is 20.7. The Balaban J connectivity index is 1.40. The summed E-state index contributed by atoms with van der Waals surface area (Å²) >= 11 is 0. The van der Waals surface area contributed by atoms with Crippen LogP contribution in [-0.2, 0) is 25.5 Å². The average Bonchev–Trinajstić information content (AvgIpc) is 2.87. The van der Waals surface area contributed by atoms with Crippen molar-refractivity contribution in [2.24, 2.45) is 0 Å². The monoisotopic (exact) mass is 495 g/mol. The first-order valence-corrected chi connectivity index (χ1v) is 12.2. The van der Waals surface area contributed by atoms with Crippen LogP contribution in [0.1, 0.15) is 35.2 Å². The number of ether oxygens (including phenoxy) is 3. The number of carbonyl (C=O) groups excluding carboxylic acids is 3. The summed E-state index contributed by atoms with van der Waals surface area (Å²) in [6.07, 6.45) is 1.29. The minimum Gasteiger partial charge on any atom is -0.490 e. The number of rotatable bonds is 8. The van der Waals surface area contributed by atoms with E-state index in [2.05, 4.69) is 10.6 Å². The van der Waals surface area contributed by atoms with E-state index in [4.69, 9.17) is 14.2 Å². The number of benzene rings is 2. The second-order valence-corrected chi connectivity index (χ2v) is 9.14. The van der Waals surface area contributed by atoms with Gasteiger partial charge in [0.2, 0.25) is 11.8 Å². The maximum Gasteiger partial charge on any atom is 0.257 e. The minimum absolute atomic E-state index is 0.0844. The highest BCUT2D eigenvalue weighted by atomic mass is 16.5. The Labute approximate surface area is 211 Å². The molecule has 0 spiro atoms. The van der Waals surface area contributed by atoms with Gasteiger partial charge in [-0.3, -0.25) is 14.4 Å². The number of anilines is 1. The van der Waals surface area contributed by atoms with E-state index in [0.29, 0.717) is 43.0 Å². The van der Waals surface area contributed by atoms with Crippen molar-refractivity contribution in [3.63, 3.8) is 0 Å². The average molecular weight is 496 g/mol. The molecule has 0 saturated carbocycles. The molecule has 9 nitrogen and oxygen atoms in total. The molecule has 1 fully saturated rings. The number of likely N-dealkylation sites (N-methyl/N-ethyl adjacent to an activating group) is 1. The van der Waals surface area contributed by atoms with Gasteiger partial charge in [0.25, 0.3) is 5.91 Å². The van der Waals surface area contributed by atoms with Gasteiger partial charge in [0.15, 0.2) is 0 Å². The molecule has 2 N–H and O–H groups in total. The fourth-order valence-corrected chi connectivity index (χ4v) is 4.66. The minimum atomic E-state index is -0.345. The zero-order valence-corrected chi connectivity index (χ0v) is 20.7. The molecule has 3 atom stereocenters. The number of nitrogens with zero attached hydrogens (tertiary/aromatic N) is 1. The van der Waals surface area contributed by atoms with Crippen LogP contribution in [0.3, 0.4) is 0 Å². The van der Waals surface area contributed by atoms with Gasteiger partial charge in [-0.05, 0) is 36.6 Å². The number of hydrogen-bond acceptors (Lipinski definition) is 6. The van der Waals surface area contributed by atoms with Gasteiger partial charge >= 0.3 is 0 Å². The third-order valence-corrected chi connectivity index (χ3v) is 6.54. The van der Waals surface area contributed by atoms with E-state index in [-0.39, 0.29) is 55.4 Å². The van der Waals surface area contributed by atoms with Crippen LogP contribution in [0.15, 0.2) is 48.5 Å². The second-order valence-electron chi connectivity index (χ2n) is 9.14. The highest BCUT2D eigenvalue weighted by molar-refractivity contribution is 6.00. The third kappa shape index (κ3) is 6.41. The molecule has 3 amide bonds.